The van der Waals surface area contributed by atoms with Gasteiger partial charge in [-0.2, -0.15) is 9.40 Å². The SMILES string of the molecule is C[Si](C)(C)CCOCn1c(-c2nn(COCC[Si](C)(C)C)c3cc(Br)ccc23)nc2c1CN(S(=O)(=O)C1CCCC1)C2. The van der Waals surface area contributed by atoms with E-state index in [9.17, 15) is 8.42 Å². The number of nitrogens with zero attached hydrogens (tertiary/aromatic N) is 5. The van der Waals surface area contributed by atoms with Crippen molar-refractivity contribution in [2.75, 3.05) is 13.2 Å². The Morgan fingerprint density at radius 1 is 0.952 bits per heavy atom. The standard InChI is InChI=1S/C29H46BrN5O4SSi2/c1-41(2,3)15-13-38-20-34-27-19-33(40(36,37)23-9-7-8-10-23)18-25(27)31-29(34)28-24-12-11-22(30)17-26(24)35(32-28)21-39-14-16-42(4,5)6/h11-12,17,23H,7-10,13-16,18-21H2,1-6H3. The maximum Gasteiger partial charge on any atom is 0.217 e. The van der Waals surface area contributed by atoms with E-state index in [1.165, 1.54) is 0 Å². The number of hydrogen-bond acceptors (Lipinski definition) is 6. The number of rotatable bonds is 13. The second-order valence-electron chi connectivity index (χ2n) is 14.2. The summed E-state index contributed by atoms with van der Waals surface area (Å²) in [5, 5.41) is 5.73. The fraction of sp³-hybridized carbons (Fsp3) is 0.655. The maximum absolute atomic E-state index is 13.5. The summed E-state index contributed by atoms with van der Waals surface area (Å²) in [7, 11) is -5.84. The number of imidazole rings is 1. The molecule has 5 rings (SSSR count). The molecule has 3 aromatic rings. The van der Waals surface area contributed by atoms with Gasteiger partial charge in [0.1, 0.15) is 19.2 Å². The van der Waals surface area contributed by atoms with E-state index in [0.717, 1.165) is 76.1 Å². The van der Waals surface area contributed by atoms with Gasteiger partial charge in [0, 0.05) is 39.2 Å². The minimum atomic E-state index is -3.37. The fourth-order valence-corrected chi connectivity index (χ4v) is 9.42. The molecule has 2 aromatic heterocycles. The van der Waals surface area contributed by atoms with Crippen LogP contribution in [-0.4, -0.2) is 66.7 Å². The van der Waals surface area contributed by atoms with Crippen molar-refractivity contribution < 1.29 is 17.9 Å². The third kappa shape index (κ3) is 7.29. The smallest absolute Gasteiger partial charge is 0.217 e. The van der Waals surface area contributed by atoms with E-state index in [2.05, 4.69) is 71.9 Å². The van der Waals surface area contributed by atoms with Crippen LogP contribution in [0.3, 0.4) is 0 Å². The highest BCUT2D eigenvalue weighted by molar-refractivity contribution is 9.10. The lowest BCUT2D eigenvalue weighted by atomic mass is 10.2. The van der Waals surface area contributed by atoms with Crippen LogP contribution in [0.25, 0.3) is 22.4 Å². The van der Waals surface area contributed by atoms with E-state index >= 15 is 0 Å². The summed E-state index contributed by atoms with van der Waals surface area (Å²) >= 11 is 3.63. The van der Waals surface area contributed by atoms with Gasteiger partial charge in [0.2, 0.25) is 10.0 Å². The molecule has 0 N–H and O–H groups in total. The zero-order valence-corrected chi connectivity index (χ0v) is 30.4. The first-order valence-electron chi connectivity index (χ1n) is 15.1. The number of sulfonamides is 1. The van der Waals surface area contributed by atoms with Crippen molar-refractivity contribution in [2.45, 2.75) is 109 Å². The highest BCUT2D eigenvalue weighted by Gasteiger charge is 2.40. The Kier molecular flexibility index (Phi) is 9.59. The van der Waals surface area contributed by atoms with Crippen molar-refractivity contribution in [3.05, 3.63) is 34.1 Å². The quantitative estimate of drug-likeness (QED) is 0.143. The Bertz CT molecular complexity index is 1520. The minimum absolute atomic E-state index is 0.276. The van der Waals surface area contributed by atoms with Gasteiger partial charge in [-0.05, 0) is 43.1 Å². The first kappa shape index (κ1) is 32.0. The summed E-state index contributed by atoms with van der Waals surface area (Å²) in [4.78, 5) is 5.06. The summed E-state index contributed by atoms with van der Waals surface area (Å²) in [6.07, 6.45) is 3.47. The molecule has 42 heavy (non-hydrogen) atoms. The molecule has 0 spiro atoms. The molecule has 232 valence electrons. The third-order valence-corrected chi connectivity index (χ3v) is 14.4. The Labute approximate surface area is 261 Å². The Hall–Kier alpha value is -1.36. The van der Waals surface area contributed by atoms with Gasteiger partial charge < -0.3 is 14.0 Å². The third-order valence-electron chi connectivity index (χ3n) is 8.24. The second-order valence-corrected chi connectivity index (χ2v) is 28.6. The average Bonchev–Trinajstić information content (AvgIpc) is 3.67. The number of fused-ring (bicyclic) bond motifs is 2. The van der Waals surface area contributed by atoms with Crippen molar-refractivity contribution in [1.29, 1.82) is 0 Å². The van der Waals surface area contributed by atoms with Gasteiger partial charge in [0.25, 0.3) is 0 Å². The number of halogens is 1. The van der Waals surface area contributed by atoms with Crippen molar-refractivity contribution in [2.24, 2.45) is 0 Å². The van der Waals surface area contributed by atoms with E-state index in [1.54, 1.807) is 4.31 Å². The first-order chi connectivity index (χ1) is 19.7. The van der Waals surface area contributed by atoms with Crippen LogP contribution in [-0.2, 0) is 46.0 Å². The van der Waals surface area contributed by atoms with Crippen molar-refractivity contribution in [3.8, 4) is 11.5 Å². The Morgan fingerprint density at radius 3 is 2.24 bits per heavy atom. The van der Waals surface area contributed by atoms with Crippen molar-refractivity contribution in [3.63, 3.8) is 0 Å². The Balaban J connectivity index is 1.47. The summed E-state index contributed by atoms with van der Waals surface area (Å²) in [5.41, 5.74) is 3.43. The highest BCUT2D eigenvalue weighted by Crippen LogP contribution is 2.37. The molecule has 0 unspecified atom stereocenters. The van der Waals surface area contributed by atoms with Crippen LogP contribution in [0.15, 0.2) is 22.7 Å². The summed E-state index contributed by atoms with van der Waals surface area (Å²) < 4.78 is 45.8. The summed E-state index contributed by atoms with van der Waals surface area (Å²) in [6.45, 7) is 16.7. The normalized spacial score (nSPS) is 17.1. The average molecular weight is 697 g/mol. The largest absolute Gasteiger partial charge is 0.361 e. The molecule has 2 aliphatic rings. The zero-order valence-electron chi connectivity index (χ0n) is 25.9. The molecule has 1 aliphatic heterocycles. The predicted octanol–water partition coefficient (Wildman–Crippen LogP) is 6.87. The van der Waals surface area contributed by atoms with Gasteiger partial charge in [-0.15, -0.1) is 0 Å². The van der Waals surface area contributed by atoms with E-state index in [0.29, 0.717) is 39.8 Å². The monoisotopic (exact) mass is 695 g/mol. The summed E-state index contributed by atoms with van der Waals surface area (Å²) in [5.74, 6) is 0.721. The molecule has 3 heterocycles. The number of ether oxygens (including phenoxy) is 2. The van der Waals surface area contributed by atoms with Gasteiger partial charge in [-0.25, -0.2) is 18.1 Å². The van der Waals surface area contributed by atoms with Crippen LogP contribution >= 0.6 is 15.9 Å². The maximum atomic E-state index is 13.5. The first-order valence-corrected chi connectivity index (χ1v) is 24.8. The van der Waals surface area contributed by atoms with E-state index in [1.807, 2.05) is 10.7 Å². The molecule has 0 bridgehead atoms. The van der Waals surface area contributed by atoms with Crippen LogP contribution in [0.5, 0.6) is 0 Å². The van der Waals surface area contributed by atoms with Crippen LogP contribution < -0.4 is 0 Å². The molecular weight excluding hydrogens is 650 g/mol. The van der Waals surface area contributed by atoms with Gasteiger partial charge in [0.15, 0.2) is 5.82 Å². The van der Waals surface area contributed by atoms with Gasteiger partial charge in [-0.3, -0.25) is 0 Å². The lowest BCUT2D eigenvalue weighted by Gasteiger charge is -2.21. The molecule has 1 saturated carbocycles. The van der Waals surface area contributed by atoms with Crippen molar-refractivity contribution >= 4 is 53.0 Å². The second kappa shape index (κ2) is 12.6. The van der Waals surface area contributed by atoms with Gasteiger partial charge in [-0.1, -0.05) is 68.1 Å². The molecule has 0 atom stereocenters. The molecule has 0 saturated heterocycles. The Morgan fingerprint density at radius 2 is 1.60 bits per heavy atom. The van der Waals surface area contributed by atoms with Crippen LogP contribution in [0.2, 0.25) is 51.4 Å². The molecule has 0 amide bonds. The number of benzene rings is 1. The van der Waals surface area contributed by atoms with Gasteiger partial charge >= 0.3 is 0 Å². The fourth-order valence-electron chi connectivity index (χ4n) is 5.60. The van der Waals surface area contributed by atoms with Crippen LogP contribution in [0.4, 0.5) is 0 Å². The molecular formula is C29H46BrN5O4SSi2. The van der Waals surface area contributed by atoms with E-state index in [-0.39, 0.29) is 5.25 Å². The highest BCUT2D eigenvalue weighted by atomic mass is 79.9. The van der Waals surface area contributed by atoms with Gasteiger partial charge in [0.05, 0.1) is 35.2 Å². The lowest BCUT2D eigenvalue weighted by molar-refractivity contribution is 0.0814. The molecule has 1 aliphatic carbocycles. The predicted molar refractivity (Wildman–Crippen MR) is 177 cm³/mol. The molecule has 9 nitrogen and oxygen atoms in total. The minimum Gasteiger partial charge on any atom is -0.361 e. The van der Waals surface area contributed by atoms with Crippen LogP contribution in [0.1, 0.15) is 37.1 Å². The lowest BCUT2D eigenvalue weighted by Crippen LogP contribution is -2.34. The van der Waals surface area contributed by atoms with E-state index in [4.69, 9.17) is 19.6 Å². The topological polar surface area (TPSA) is 91.5 Å². The zero-order chi connectivity index (χ0) is 30.3. The van der Waals surface area contributed by atoms with Crippen LogP contribution in [0, 0.1) is 0 Å². The summed E-state index contributed by atoms with van der Waals surface area (Å²) in [6, 6.07) is 8.30. The van der Waals surface area contributed by atoms with E-state index < -0.39 is 26.2 Å². The number of hydrogen-bond donors (Lipinski definition) is 0. The molecule has 0 radical (unpaired) electrons. The molecule has 1 fully saturated rings. The molecule has 13 heteroatoms. The number of aromatic nitrogens is 4. The van der Waals surface area contributed by atoms with Crippen molar-refractivity contribution in [1.82, 2.24) is 23.6 Å². The molecule has 1 aromatic carbocycles.